The van der Waals surface area contributed by atoms with Crippen molar-refractivity contribution in [1.82, 2.24) is 10.2 Å². The molecule has 3 rings (SSSR count). The van der Waals surface area contributed by atoms with Gasteiger partial charge < -0.3 is 15.0 Å². The first-order valence-corrected chi connectivity index (χ1v) is 7.45. The van der Waals surface area contributed by atoms with Crippen molar-refractivity contribution in [1.29, 1.82) is 0 Å². The summed E-state index contributed by atoms with van der Waals surface area (Å²) in [5.74, 6) is 1.00. The highest BCUT2D eigenvalue weighted by atomic mass is 35.5. The molecule has 1 fully saturated rings. The largest absolute Gasteiger partial charge is 0.488 e. The first kappa shape index (κ1) is 13.2. The predicted octanol–water partition coefficient (Wildman–Crippen LogP) is 2.33. The van der Waals surface area contributed by atoms with Gasteiger partial charge in [0.1, 0.15) is 11.9 Å². The average molecular weight is 281 g/mol. The minimum absolute atomic E-state index is 0.264. The molecular formula is C15H21ClN2O. The van der Waals surface area contributed by atoms with E-state index in [2.05, 4.69) is 17.3 Å². The molecule has 0 aliphatic carbocycles. The van der Waals surface area contributed by atoms with Crippen LogP contribution < -0.4 is 10.1 Å². The Labute approximate surface area is 119 Å². The van der Waals surface area contributed by atoms with Gasteiger partial charge in [-0.3, -0.25) is 0 Å². The second kappa shape index (κ2) is 5.70. The third-order valence-corrected chi connectivity index (χ3v) is 4.21. The van der Waals surface area contributed by atoms with Crippen molar-refractivity contribution in [2.24, 2.45) is 0 Å². The standard InChI is InChI=1S/C15H21ClN2O/c1-18(9-13-3-2-6-17-13)10-14-8-11-7-12(16)4-5-15(11)19-14/h4-5,7,13-14,17H,2-3,6,8-10H2,1H3. The number of likely N-dealkylation sites (N-methyl/N-ethyl adjacent to an activating group) is 1. The van der Waals surface area contributed by atoms with Crippen molar-refractivity contribution in [3.05, 3.63) is 28.8 Å². The Bertz CT molecular complexity index is 446. The van der Waals surface area contributed by atoms with Crippen LogP contribution in [0.2, 0.25) is 5.02 Å². The van der Waals surface area contributed by atoms with Crippen molar-refractivity contribution < 1.29 is 4.74 Å². The van der Waals surface area contributed by atoms with E-state index in [1.54, 1.807) is 0 Å². The van der Waals surface area contributed by atoms with E-state index in [0.717, 1.165) is 30.3 Å². The highest BCUT2D eigenvalue weighted by Gasteiger charge is 2.25. The lowest BCUT2D eigenvalue weighted by Gasteiger charge is -2.23. The highest BCUT2D eigenvalue weighted by molar-refractivity contribution is 6.30. The summed E-state index contributed by atoms with van der Waals surface area (Å²) >= 11 is 6.02. The maximum Gasteiger partial charge on any atom is 0.123 e. The minimum Gasteiger partial charge on any atom is -0.488 e. The van der Waals surface area contributed by atoms with Gasteiger partial charge in [0.2, 0.25) is 0 Å². The van der Waals surface area contributed by atoms with E-state index in [4.69, 9.17) is 16.3 Å². The summed E-state index contributed by atoms with van der Waals surface area (Å²) in [5, 5.41) is 4.33. The number of halogens is 1. The lowest BCUT2D eigenvalue weighted by molar-refractivity contribution is 0.162. The lowest BCUT2D eigenvalue weighted by atomic mass is 10.1. The molecule has 19 heavy (non-hydrogen) atoms. The van der Waals surface area contributed by atoms with Crippen molar-refractivity contribution in [3.63, 3.8) is 0 Å². The molecule has 1 saturated heterocycles. The van der Waals surface area contributed by atoms with Crippen molar-refractivity contribution >= 4 is 11.6 Å². The molecule has 2 atom stereocenters. The number of ether oxygens (including phenoxy) is 1. The number of benzene rings is 1. The van der Waals surface area contributed by atoms with Crippen LogP contribution >= 0.6 is 11.6 Å². The fraction of sp³-hybridized carbons (Fsp3) is 0.600. The van der Waals surface area contributed by atoms with E-state index < -0.39 is 0 Å². The molecule has 4 heteroatoms. The SMILES string of the molecule is CN(CC1CCCN1)CC1Cc2cc(Cl)ccc2O1. The first-order valence-electron chi connectivity index (χ1n) is 7.08. The van der Waals surface area contributed by atoms with Crippen LogP contribution in [0.1, 0.15) is 18.4 Å². The van der Waals surface area contributed by atoms with Gasteiger partial charge >= 0.3 is 0 Å². The summed E-state index contributed by atoms with van der Waals surface area (Å²) in [5.41, 5.74) is 1.24. The predicted molar refractivity (Wildman–Crippen MR) is 78.1 cm³/mol. The van der Waals surface area contributed by atoms with E-state index in [-0.39, 0.29) is 6.10 Å². The Balaban J connectivity index is 1.52. The van der Waals surface area contributed by atoms with Crippen LogP contribution in [0.5, 0.6) is 5.75 Å². The monoisotopic (exact) mass is 280 g/mol. The zero-order valence-corrected chi connectivity index (χ0v) is 12.1. The van der Waals surface area contributed by atoms with Crippen LogP contribution in [-0.4, -0.2) is 43.7 Å². The number of rotatable bonds is 4. The molecule has 0 bridgehead atoms. The Hall–Kier alpha value is -0.770. The fourth-order valence-electron chi connectivity index (χ4n) is 3.10. The zero-order valence-electron chi connectivity index (χ0n) is 11.4. The molecule has 2 aliphatic rings. The number of hydrogen-bond acceptors (Lipinski definition) is 3. The first-order chi connectivity index (χ1) is 9.20. The van der Waals surface area contributed by atoms with Gasteiger partial charge in [0.05, 0.1) is 0 Å². The smallest absolute Gasteiger partial charge is 0.123 e. The van der Waals surface area contributed by atoms with Crippen LogP contribution in [0.4, 0.5) is 0 Å². The second-order valence-electron chi connectivity index (χ2n) is 5.71. The van der Waals surface area contributed by atoms with Crippen LogP contribution in [0.15, 0.2) is 18.2 Å². The molecule has 0 aromatic heterocycles. The third kappa shape index (κ3) is 3.22. The van der Waals surface area contributed by atoms with Crippen molar-refractivity contribution in [3.8, 4) is 5.75 Å². The molecule has 0 spiro atoms. The summed E-state index contributed by atoms with van der Waals surface area (Å²) in [6, 6.07) is 6.56. The molecule has 0 amide bonds. The van der Waals surface area contributed by atoms with E-state index in [1.807, 2.05) is 18.2 Å². The fourth-order valence-corrected chi connectivity index (χ4v) is 3.30. The maximum atomic E-state index is 6.02. The van der Waals surface area contributed by atoms with Crippen molar-refractivity contribution in [2.45, 2.75) is 31.4 Å². The topological polar surface area (TPSA) is 24.5 Å². The van der Waals surface area contributed by atoms with Gasteiger partial charge in [0.25, 0.3) is 0 Å². The molecule has 2 unspecified atom stereocenters. The van der Waals surface area contributed by atoms with Gasteiger partial charge in [-0.2, -0.15) is 0 Å². The zero-order chi connectivity index (χ0) is 13.2. The van der Waals surface area contributed by atoms with Crippen LogP contribution in [-0.2, 0) is 6.42 Å². The van der Waals surface area contributed by atoms with Gasteiger partial charge in [-0.15, -0.1) is 0 Å². The molecule has 0 saturated carbocycles. The van der Waals surface area contributed by atoms with Gasteiger partial charge in [-0.05, 0) is 50.2 Å². The van der Waals surface area contributed by atoms with E-state index >= 15 is 0 Å². The normalized spacial score (nSPS) is 25.6. The van der Waals surface area contributed by atoms with Gasteiger partial charge in [0.15, 0.2) is 0 Å². The highest BCUT2D eigenvalue weighted by Crippen LogP contribution is 2.31. The third-order valence-electron chi connectivity index (χ3n) is 3.97. The molecule has 1 aromatic carbocycles. The van der Waals surface area contributed by atoms with Crippen molar-refractivity contribution in [2.75, 3.05) is 26.7 Å². The summed E-state index contributed by atoms with van der Waals surface area (Å²) in [6.07, 6.45) is 3.84. The average Bonchev–Trinajstić information content (AvgIpc) is 2.97. The molecule has 1 N–H and O–H groups in total. The van der Waals surface area contributed by atoms with Gasteiger partial charge in [-0.1, -0.05) is 11.6 Å². The number of fused-ring (bicyclic) bond motifs is 1. The quantitative estimate of drug-likeness (QED) is 0.916. The molecule has 2 aliphatic heterocycles. The summed E-state index contributed by atoms with van der Waals surface area (Å²) < 4.78 is 5.98. The van der Waals surface area contributed by atoms with Crippen LogP contribution in [0, 0.1) is 0 Å². The number of nitrogens with one attached hydrogen (secondary N) is 1. The van der Waals surface area contributed by atoms with E-state index in [0.29, 0.717) is 6.04 Å². The second-order valence-corrected chi connectivity index (χ2v) is 6.15. The number of nitrogens with zero attached hydrogens (tertiary/aromatic N) is 1. The molecular weight excluding hydrogens is 260 g/mol. The Morgan fingerprint density at radius 1 is 1.42 bits per heavy atom. The molecule has 2 heterocycles. The Morgan fingerprint density at radius 2 is 2.32 bits per heavy atom. The van der Waals surface area contributed by atoms with E-state index in [9.17, 15) is 0 Å². The summed E-state index contributed by atoms with van der Waals surface area (Å²) in [4.78, 5) is 2.38. The Morgan fingerprint density at radius 3 is 3.11 bits per heavy atom. The van der Waals surface area contributed by atoms with E-state index in [1.165, 1.54) is 24.9 Å². The maximum absolute atomic E-state index is 6.02. The molecule has 3 nitrogen and oxygen atoms in total. The van der Waals surface area contributed by atoms with Crippen LogP contribution in [0.25, 0.3) is 0 Å². The lowest BCUT2D eigenvalue weighted by Crippen LogP contribution is -2.40. The summed E-state index contributed by atoms with van der Waals surface area (Å²) in [6.45, 7) is 3.25. The van der Waals surface area contributed by atoms with Gasteiger partial charge in [-0.25, -0.2) is 0 Å². The van der Waals surface area contributed by atoms with Crippen LogP contribution in [0.3, 0.4) is 0 Å². The van der Waals surface area contributed by atoms with Gasteiger partial charge in [0, 0.05) is 30.6 Å². The Kier molecular flexibility index (Phi) is 3.96. The molecule has 0 radical (unpaired) electrons. The number of hydrogen-bond donors (Lipinski definition) is 1. The molecule has 104 valence electrons. The molecule has 1 aromatic rings. The summed E-state index contributed by atoms with van der Waals surface area (Å²) in [7, 11) is 2.18. The minimum atomic E-state index is 0.264.